The molecule has 0 spiro atoms. The number of hydrogen-bond acceptors (Lipinski definition) is 2. The van der Waals surface area contributed by atoms with Crippen LogP contribution < -0.4 is 4.74 Å². The molecular formula is C15H20O3. The molecule has 1 fully saturated rings. The van der Waals surface area contributed by atoms with Gasteiger partial charge in [-0.15, -0.1) is 0 Å². The van der Waals surface area contributed by atoms with E-state index < -0.39 is 5.97 Å². The number of aliphatic carboxylic acids is 1. The van der Waals surface area contributed by atoms with E-state index in [0.29, 0.717) is 0 Å². The molecule has 0 radical (unpaired) electrons. The topological polar surface area (TPSA) is 46.5 Å². The zero-order chi connectivity index (χ0) is 13.1. The van der Waals surface area contributed by atoms with Crippen molar-refractivity contribution in [3.63, 3.8) is 0 Å². The van der Waals surface area contributed by atoms with Crippen molar-refractivity contribution in [2.24, 2.45) is 5.92 Å². The summed E-state index contributed by atoms with van der Waals surface area (Å²) >= 11 is 0. The van der Waals surface area contributed by atoms with Gasteiger partial charge in [-0.05, 0) is 56.4 Å². The largest absolute Gasteiger partial charge is 0.490 e. The van der Waals surface area contributed by atoms with Crippen LogP contribution in [0.1, 0.15) is 36.8 Å². The number of aryl methyl sites for hydroxylation is 2. The van der Waals surface area contributed by atoms with E-state index >= 15 is 0 Å². The Morgan fingerprint density at radius 3 is 2.78 bits per heavy atom. The molecule has 1 aliphatic rings. The van der Waals surface area contributed by atoms with E-state index in [1.165, 1.54) is 11.1 Å². The number of carboxylic acids is 1. The number of carbonyl (C=O) groups is 1. The smallest absolute Gasteiger partial charge is 0.303 e. The van der Waals surface area contributed by atoms with Gasteiger partial charge in [-0.1, -0.05) is 6.07 Å². The normalized spacial score (nSPS) is 23.0. The molecule has 2 rings (SSSR count). The van der Waals surface area contributed by atoms with Crippen molar-refractivity contribution in [2.45, 2.75) is 45.6 Å². The minimum Gasteiger partial charge on any atom is -0.490 e. The second kappa shape index (κ2) is 5.42. The first kappa shape index (κ1) is 12.9. The van der Waals surface area contributed by atoms with Crippen LogP contribution in [0.2, 0.25) is 0 Å². The molecule has 1 N–H and O–H groups in total. The Labute approximate surface area is 108 Å². The molecule has 1 aromatic carbocycles. The van der Waals surface area contributed by atoms with Crippen molar-refractivity contribution in [1.29, 1.82) is 0 Å². The molecule has 1 aromatic rings. The Morgan fingerprint density at radius 1 is 1.33 bits per heavy atom. The first-order chi connectivity index (χ1) is 8.56. The minimum atomic E-state index is -0.726. The van der Waals surface area contributed by atoms with Gasteiger partial charge in [0.05, 0.1) is 6.42 Å². The average molecular weight is 248 g/mol. The monoisotopic (exact) mass is 248 g/mol. The van der Waals surface area contributed by atoms with Crippen LogP contribution in [0.4, 0.5) is 0 Å². The fourth-order valence-electron chi connectivity index (χ4n) is 2.58. The highest BCUT2D eigenvalue weighted by Gasteiger charge is 2.30. The van der Waals surface area contributed by atoms with Gasteiger partial charge >= 0.3 is 5.97 Å². The molecule has 98 valence electrons. The molecule has 18 heavy (non-hydrogen) atoms. The molecule has 0 aromatic heterocycles. The lowest BCUT2D eigenvalue weighted by molar-refractivity contribution is -0.138. The predicted molar refractivity (Wildman–Crippen MR) is 69.9 cm³/mol. The van der Waals surface area contributed by atoms with Crippen LogP contribution in [0.5, 0.6) is 5.75 Å². The molecule has 1 aliphatic carbocycles. The highest BCUT2D eigenvalue weighted by molar-refractivity contribution is 5.67. The number of ether oxygens (including phenoxy) is 1. The van der Waals surface area contributed by atoms with E-state index in [1.54, 1.807) is 0 Å². The summed E-state index contributed by atoms with van der Waals surface area (Å²) in [5, 5.41) is 8.88. The van der Waals surface area contributed by atoms with Gasteiger partial charge in [0.1, 0.15) is 11.9 Å². The summed E-state index contributed by atoms with van der Waals surface area (Å²) in [6, 6.07) is 6.05. The lowest BCUT2D eigenvalue weighted by Gasteiger charge is -2.20. The molecule has 3 nitrogen and oxygen atoms in total. The fourth-order valence-corrected chi connectivity index (χ4v) is 2.58. The molecular weight excluding hydrogens is 228 g/mol. The molecule has 0 saturated heterocycles. The van der Waals surface area contributed by atoms with Crippen LogP contribution in [0.15, 0.2) is 18.2 Å². The second-order valence-electron chi connectivity index (χ2n) is 5.19. The number of benzene rings is 1. The molecule has 2 unspecified atom stereocenters. The van der Waals surface area contributed by atoms with Crippen LogP contribution in [0, 0.1) is 19.8 Å². The van der Waals surface area contributed by atoms with Gasteiger partial charge in [0.25, 0.3) is 0 Å². The molecule has 0 bridgehead atoms. The van der Waals surface area contributed by atoms with Gasteiger partial charge in [0.2, 0.25) is 0 Å². The summed E-state index contributed by atoms with van der Waals surface area (Å²) in [4.78, 5) is 10.8. The Morgan fingerprint density at radius 2 is 2.11 bits per heavy atom. The zero-order valence-electron chi connectivity index (χ0n) is 11.0. The third-order valence-electron chi connectivity index (χ3n) is 3.79. The summed E-state index contributed by atoms with van der Waals surface area (Å²) in [6.45, 7) is 4.13. The van der Waals surface area contributed by atoms with Gasteiger partial charge in [-0.2, -0.15) is 0 Å². The van der Waals surface area contributed by atoms with Crippen LogP contribution in [-0.4, -0.2) is 17.2 Å². The predicted octanol–water partition coefficient (Wildman–Crippen LogP) is 3.33. The third kappa shape index (κ3) is 3.03. The van der Waals surface area contributed by atoms with Crippen molar-refractivity contribution in [1.82, 2.24) is 0 Å². The van der Waals surface area contributed by atoms with Gasteiger partial charge in [-0.25, -0.2) is 0 Å². The average Bonchev–Trinajstić information content (AvgIpc) is 2.70. The second-order valence-corrected chi connectivity index (χ2v) is 5.19. The summed E-state index contributed by atoms with van der Waals surface area (Å²) in [5.41, 5.74) is 2.45. The fraction of sp³-hybridized carbons (Fsp3) is 0.533. The Balaban J connectivity index is 2.03. The van der Waals surface area contributed by atoms with Crippen LogP contribution in [0.25, 0.3) is 0 Å². The minimum absolute atomic E-state index is 0.0585. The van der Waals surface area contributed by atoms with E-state index in [-0.39, 0.29) is 18.4 Å². The molecule has 1 saturated carbocycles. The van der Waals surface area contributed by atoms with Crippen molar-refractivity contribution < 1.29 is 14.6 Å². The Kier molecular flexibility index (Phi) is 3.90. The summed E-state index contributed by atoms with van der Waals surface area (Å²) in [6.07, 6.45) is 3.26. The Hall–Kier alpha value is -1.51. The molecule has 0 heterocycles. The number of carboxylic acid groups (broad SMARTS) is 1. The van der Waals surface area contributed by atoms with E-state index in [1.807, 2.05) is 18.2 Å². The van der Waals surface area contributed by atoms with Crippen LogP contribution >= 0.6 is 0 Å². The highest BCUT2D eigenvalue weighted by Crippen LogP contribution is 2.32. The number of rotatable bonds is 4. The maximum absolute atomic E-state index is 10.8. The van der Waals surface area contributed by atoms with Gasteiger partial charge < -0.3 is 9.84 Å². The van der Waals surface area contributed by atoms with E-state index in [4.69, 9.17) is 9.84 Å². The maximum Gasteiger partial charge on any atom is 0.303 e. The van der Waals surface area contributed by atoms with Crippen molar-refractivity contribution >= 4 is 5.97 Å². The molecule has 0 amide bonds. The van der Waals surface area contributed by atoms with Crippen molar-refractivity contribution in [2.75, 3.05) is 0 Å². The lowest BCUT2D eigenvalue weighted by atomic mass is 10.0. The van der Waals surface area contributed by atoms with Gasteiger partial charge in [0, 0.05) is 5.92 Å². The molecule has 0 aliphatic heterocycles. The Bertz CT molecular complexity index is 439. The van der Waals surface area contributed by atoms with E-state index in [0.717, 1.165) is 25.0 Å². The summed E-state index contributed by atoms with van der Waals surface area (Å²) < 4.78 is 5.96. The quantitative estimate of drug-likeness (QED) is 0.889. The number of hydrogen-bond donors (Lipinski definition) is 1. The first-order valence-electron chi connectivity index (χ1n) is 6.52. The lowest BCUT2D eigenvalue weighted by Crippen LogP contribution is -2.23. The molecule has 3 heteroatoms. The maximum atomic E-state index is 10.8. The van der Waals surface area contributed by atoms with Crippen molar-refractivity contribution in [3.8, 4) is 5.75 Å². The van der Waals surface area contributed by atoms with E-state index in [2.05, 4.69) is 13.8 Å². The van der Waals surface area contributed by atoms with Crippen LogP contribution in [0.3, 0.4) is 0 Å². The highest BCUT2D eigenvalue weighted by atomic mass is 16.5. The summed E-state index contributed by atoms with van der Waals surface area (Å²) in [5.74, 6) is 0.292. The van der Waals surface area contributed by atoms with Gasteiger partial charge in [0.15, 0.2) is 0 Å². The van der Waals surface area contributed by atoms with E-state index in [9.17, 15) is 4.79 Å². The van der Waals surface area contributed by atoms with Crippen molar-refractivity contribution in [3.05, 3.63) is 29.3 Å². The van der Waals surface area contributed by atoms with Crippen LogP contribution in [-0.2, 0) is 4.79 Å². The third-order valence-corrected chi connectivity index (χ3v) is 3.79. The molecule has 2 atom stereocenters. The first-order valence-corrected chi connectivity index (χ1v) is 6.52. The zero-order valence-corrected chi connectivity index (χ0v) is 11.0. The standard InChI is InChI=1S/C15H20O3/c1-10-6-7-13(8-11(10)2)18-14-5-3-4-12(14)9-15(16)17/h6-8,12,14H,3-5,9H2,1-2H3,(H,16,17). The van der Waals surface area contributed by atoms with Gasteiger partial charge in [-0.3, -0.25) is 4.79 Å². The SMILES string of the molecule is Cc1ccc(OC2CCCC2CC(=O)O)cc1C. The summed E-state index contributed by atoms with van der Waals surface area (Å²) in [7, 11) is 0.